The molecule has 5 heteroatoms. The van der Waals surface area contributed by atoms with Crippen molar-refractivity contribution in [2.75, 3.05) is 32.9 Å². The van der Waals surface area contributed by atoms with Gasteiger partial charge in [-0.2, -0.15) is 0 Å². The minimum absolute atomic E-state index is 0.385. The van der Waals surface area contributed by atoms with Gasteiger partial charge >= 0.3 is 0 Å². The number of aromatic nitrogens is 2. The van der Waals surface area contributed by atoms with Crippen molar-refractivity contribution in [3.05, 3.63) is 53.9 Å². The van der Waals surface area contributed by atoms with E-state index in [1.807, 2.05) is 18.6 Å². The standard InChI is InChI=1S/C21H28N4S/c1-24-16-19(18-6-4-3-5-7-18)12-21(24)8-10-25(11-9-21)15-17-13-22-20(26-2)23-14-17/h3-7,13-14,19H,8-12,15-16H2,1-2H3/t19-/m0/s1. The van der Waals surface area contributed by atoms with E-state index in [2.05, 4.69) is 57.1 Å². The molecule has 0 aliphatic carbocycles. The number of thioether (sulfide) groups is 1. The first kappa shape index (κ1) is 18.0. The summed E-state index contributed by atoms with van der Waals surface area (Å²) in [5.41, 5.74) is 3.11. The van der Waals surface area contributed by atoms with Crippen LogP contribution in [0.25, 0.3) is 0 Å². The van der Waals surface area contributed by atoms with E-state index in [0.29, 0.717) is 11.5 Å². The van der Waals surface area contributed by atoms with E-state index < -0.39 is 0 Å². The van der Waals surface area contributed by atoms with Crippen molar-refractivity contribution in [2.45, 2.75) is 42.4 Å². The van der Waals surface area contributed by atoms with Crippen LogP contribution in [0.4, 0.5) is 0 Å². The number of likely N-dealkylation sites (tertiary alicyclic amines) is 2. The number of nitrogens with zero attached hydrogens (tertiary/aromatic N) is 4. The number of benzene rings is 1. The molecular weight excluding hydrogens is 340 g/mol. The van der Waals surface area contributed by atoms with Crippen LogP contribution in [0, 0.1) is 0 Å². The Labute approximate surface area is 161 Å². The van der Waals surface area contributed by atoms with Gasteiger partial charge in [0.1, 0.15) is 0 Å². The van der Waals surface area contributed by atoms with Crippen molar-refractivity contribution in [1.82, 2.24) is 19.8 Å². The number of piperidine rings is 1. The number of hydrogen-bond donors (Lipinski definition) is 0. The van der Waals surface area contributed by atoms with E-state index in [1.165, 1.54) is 36.9 Å². The summed E-state index contributed by atoms with van der Waals surface area (Å²) in [5.74, 6) is 0.681. The minimum Gasteiger partial charge on any atom is -0.300 e. The third-order valence-electron chi connectivity index (χ3n) is 6.26. The number of likely N-dealkylation sites (N-methyl/N-ethyl adjacent to an activating group) is 1. The second kappa shape index (κ2) is 7.67. The Bertz CT molecular complexity index is 711. The second-order valence-corrected chi connectivity index (χ2v) is 8.54. The average molecular weight is 369 g/mol. The first-order chi connectivity index (χ1) is 12.7. The molecule has 0 N–H and O–H groups in total. The third kappa shape index (κ3) is 3.66. The van der Waals surface area contributed by atoms with Gasteiger partial charge in [-0.1, -0.05) is 42.1 Å². The van der Waals surface area contributed by atoms with E-state index in [1.54, 1.807) is 11.8 Å². The maximum Gasteiger partial charge on any atom is 0.187 e. The van der Waals surface area contributed by atoms with Gasteiger partial charge in [-0.25, -0.2) is 9.97 Å². The maximum atomic E-state index is 4.41. The lowest BCUT2D eigenvalue weighted by molar-refractivity contribution is 0.0671. The average Bonchev–Trinajstić information content (AvgIpc) is 3.01. The van der Waals surface area contributed by atoms with Crippen LogP contribution in [-0.4, -0.2) is 58.2 Å². The summed E-state index contributed by atoms with van der Waals surface area (Å²) in [6.07, 6.45) is 9.80. The first-order valence-electron chi connectivity index (χ1n) is 9.52. The van der Waals surface area contributed by atoms with Gasteiger partial charge in [-0.15, -0.1) is 0 Å². The lowest BCUT2D eigenvalue weighted by Crippen LogP contribution is -2.50. The van der Waals surface area contributed by atoms with Crippen LogP contribution in [0.2, 0.25) is 0 Å². The zero-order chi connectivity index (χ0) is 18.0. The van der Waals surface area contributed by atoms with Crippen LogP contribution in [-0.2, 0) is 6.54 Å². The van der Waals surface area contributed by atoms with Crippen LogP contribution < -0.4 is 0 Å². The molecule has 0 radical (unpaired) electrons. The van der Waals surface area contributed by atoms with Gasteiger partial charge in [0.15, 0.2) is 5.16 Å². The topological polar surface area (TPSA) is 32.3 Å². The zero-order valence-electron chi connectivity index (χ0n) is 15.8. The molecule has 0 bridgehead atoms. The lowest BCUT2D eigenvalue weighted by Gasteiger charge is -2.43. The highest BCUT2D eigenvalue weighted by Crippen LogP contribution is 2.44. The van der Waals surface area contributed by atoms with Crippen LogP contribution in [0.1, 0.15) is 36.3 Å². The Kier molecular flexibility index (Phi) is 5.30. The Hall–Kier alpha value is -1.43. The van der Waals surface area contributed by atoms with Crippen molar-refractivity contribution in [1.29, 1.82) is 0 Å². The highest BCUT2D eigenvalue weighted by molar-refractivity contribution is 7.98. The van der Waals surface area contributed by atoms with Gasteiger partial charge in [-0.3, -0.25) is 9.80 Å². The molecule has 2 fully saturated rings. The van der Waals surface area contributed by atoms with Crippen molar-refractivity contribution in [2.24, 2.45) is 0 Å². The van der Waals surface area contributed by atoms with Gasteiger partial charge < -0.3 is 0 Å². The lowest BCUT2D eigenvalue weighted by atomic mass is 9.81. The fourth-order valence-corrected chi connectivity index (χ4v) is 4.97. The van der Waals surface area contributed by atoms with Crippen molar-refractivity contribution < 1.29 is 0 Å². The SMILES string of the molecule is CSc1ncc(CN2CCC3(CC2)C[C@H](c2ccccc2)CN3C)cn1. The Balaban J connectivity index is 1.36. The molecule has 26 heavy (non-hydrogen) atoms. The molecular formula is C21H28N4S. The molecule has 1 spiro atoms. The summed E-state index contributed by atoms with van der Waals surface area (Å²) >= 11 is 1.59. The molecule has 0 unspecified atom stereocenters. The molecule has 3 heterocycles. The van der Waals surface area contributed by atoms with Crippen LogP contribution in [0.3, 0.4) is 0 Å². The molecule has 0 amide bonds. The smallest absolute Gasteiger partial charge is 0.187 e. The Morgan fingerprint density at radius 2 is 1.81 bits per heavy atom. The van der Waals surface area contributed by atoms with Crippen LogP contribution in [0.15, 0.2) is 47.9 Å². The van der Waals surface area contributed by atoms with Crippen molar-refractivity contribution in [3.8, 4) is 0 Å². The summed E-state index contributed by atoms with van der Waals surface area (Å²) < 4.78 is 0. The van der Waals surface area contributed by atoms with Crippen LogP contribution in [0.5, 0.6) is 0 Å². The predicted octanol–water partition coefficient (Wildman–Crippen LogP) is 3.65. The largest absolute Gasteiger partial charge is 0.300 e. The Morgan fingerprint density at radius 3 is 2.46 bits per heavy atom. The molecule has 2 saturated heterocycles. The molecule has 4 rings (SSSR count). The summed E-state index contributed by atoms with van der Waals surface area (Å²) in [5, 5.41) is 0.853. The normalized spacial score (nSPS) is 23.5. The second-order valence-electron chi connectivity index (χ2n) is 7.77. The van der Waals surface area contributed by atoms with E-state index in [9.17, 15) is 0 Å². The molecule has 4 nitrogen and oxygen atoms in total. The maximum absolute atomic E-state index is 4.41. The molecule has 138 valence electrons. The van der Waals surface area contributed by atoms with E-state index in [0.717, 1.165) is 24.8 Å². The highest BCUT2D eigenvalue weighted by Gasteiger charge is 2.45. The van der Waals surface area contributed by atoms with Gasteiger partial charge in [-0.05, 0) is 44.0 Å². The summed E-state index contributed by atoms with van der Waals surface area (Å²) in [7, 11) is 2.33. The predicted molar refractivity (Wildman–Crippen MR) is 107 cm³/mol. The fourth-order valence-electron chi connectivity index (χ4n) is 4.65. The molecule has 1 atom stereocenters. The molecule has 2 aromatic rings. The minimum atomic E-state index is 0.385. The van der Waals surface area contributed by atoms with Crippen molar-refractivity contribution in [3.63, 3.8) is 0 Å². The monoisotopic (exact) mass is 368 g/mol. The van der Waals surface area contributed by atoms with E-state index in [4.69, 9.17) is 0 Å². The quantitative estimate of drug-likeness (QED) is 0.607. The molecule has 0 saturated carbocycles. The van der Waals surface area contributed by atoms with E-state index >= 15 is 0 Å². The van der Waals surface area contributed by atoms with Gasteiger partial charge in [0.2, 0.25) is 0 Å². The molecule has 1 aromatic heterocycles. The summed E-state index contributed by atoms with van der Waals surface area (Å²) in [6, 6.07) is 11.1. The van der Waals surface area contributed by atoms with Gasteiger partial charge in [0, 0.05) is 49.7 Å². The van der Waals surface area contributed by atoms with E-state index in [-0.39, 0.29) is 0 Å². The summed E-state index contributed by atoms with van der Waals surface area (Å²) in [6.45, 7) is 4.48. The third-order valence-corrected chi connectivity index (χ3v) is 6.83. The summed E-state index contributed by atoms with van der Waals surface area (Å²) in [4.78, 5) is 14.0. The highest BCUT2D eigenvalue weighted by atomic mass is 32.2. The molecule has 2 aliphatic heterocycles. The van der Waals surface area contributed by atoms with Crippen molar-refractivity contribution >= 4 is 11.8 Å². The Morgan fingerprint density at radius 1 is 1.12 bits per heavy atom. The zero-order valence-corrected chi connectivity index (χ0v) is 16.6. The molecule has 2 aliphatic rings. The number of hydrogen-bond acceptors (Lipinski definition) is 5. The van der Waals surface area contributed by atoms with Gasteiger partial charge in [0.05, 0.1) is 0 Å². The first-order valence-corrected chi connectivity index (χ1v) is 10.7. The van der Waals surface area contributed by atoms with Gasteiger partial charge in [0.25, 0.3) is 0 Å². The fraction of sp³-hybridized carbons (Fsp3) is 0.524. The molecule has 1 aromatic carbocycles. The number of rotatable bonds is 4. The van der Waals surface area contributed by atoms with Crippen LogP contribution >= 0.6 is 11.8 Å².